The van der Waals surface area contributed by atoms with Gasteiger partial charge in [-0.05, 0) is 38.5 Å². The van der Waals surface area contributed by atoms with Crippen molar-refractivity contribution in [3.8, 4) is 5.75 Å². The SMILES string of the molecule is COc1ccc(C(C)(C)C(=O)N(C)C(C)C(=O)O)cc1. The van der Waals surface area contributed by atoms with Crippen LogP contribution in [0.5, 0.6) is 5.75 Å². The Hall–Kier alpha value is -2.04. The van der Waals surface area contributed by atoms with Crippen LogP contribution >= 0.6 is 0 Å². The zero-order chi connectivity index (χ0) is 15.5. The van der Waals surface area contributed by atoms with Crippen molar-refractivity contribution >= 4 is 11.9 Å². The van der Waals surface area contributed by atoms with Crippen molar-refractivity contribution in [2.75, 3.05) is 14.2 Å². The fourth-order valence-electron chi connectivity index (χ4n) is 1.91. The summed E-state index contributed by atoms with van der Waals surface area (Å²) in [6.07, 6.45) is 0. The van der Waals surface area contributed by atoms with Crippen molar-refractivity contribution < 1.29 is 19.4 Å². The van der Waals surface area contributed by atoms with Gasteiger partial charge in [0.1, 0.15) is 11.8 Å². The van der Waals surface area contributed by atoms with E-state index in [0.717, 1.165) is 5.56 Å². The lowest BCUT2D eigenvalue weighted by Crippen LogP contribution is -2.48. The molecule has 0 fully saturated rings. The van der Waals surface area contributed by atoms with Crippen molar-refractivity contribution in [2.24, 2.45) is 0 Å². The first-order valence-electron chi connectivity index (χ1n) is 6.36. The molecule has 1 atom stereocenters. The first-order chi connectivity index (χ1) is 9.21. The van der Waals surface area contributed by atoms with E-state index in [2.05, 4.69) is 0 Å². The third-order valence-corrected chi connectivity index (χ3v) is 3.61. The molecule has 5 heteroatoms. The summed E-state index contributed by atoms with van der Waals surface area (Å²) in [5.41, 5.74) is 0.0119. The van der Waals surface area contributed by atoms with Crippen LogP contribution in [0.1, 0.15) is 26.3 Å². The maximum absolute atomic E-state index is 12.5. The molecule has 1 aromatic rings. The van der Waals surface area contributed by atoms with Gasteiger partial charge in [0.25, 0.3) is 0 Å². The molecule has 1 amide bonds. The number of rotatable bonds is 5. The van der Waals surface area contributed by atoms with Gasteiger partial charge in [0.2, 0.25) is 5.91 Å². The van der Waals surface area contributed by atoms with Gasteiger partial charge in [0.15, 0.2) is 0 Å². The highest BCUT2D eigenvalue weighted by atomic mass is 16.5. The molecule has 1 N–H and O–H groups in total. The lowest BCUT2D eigenvalue weighted by Gasteiger charge is -2.32. The van der Waals surface area contributed by atoms with E-state index in [0.29, 0.717) is 5.75 Å². The number of ether oxygens (including phenoxy) is 1. The van der Waals surface area contributed by atoms with Gasteiger partial charge >= 0.3 is 5.97 Å². The minimum Gasteiger partial charge on any atom is -0.497 e. The number of amides is 1. The highest BCUT2D eigenvalue weighted by Gasteiger charge is 2.35. The van der Waals surface area contributed by atoms with Crippen LogP contribution in [-0.2, 0) is 15.0 Å². The van der Waals surface area contributed by atoms with Gasteiger partial charge in [0, 0.05) is 7.05 Å². The summed E-state index contributed by atoms with van der Waals surface area (Å²) in [5.74, 6) is -0.548. The minimum atomic E-state index is -1.02. The first-order valence-corrected chi connectivity index (χ1v) is 6.36. The molecule has 0 saturated carbocycles. The predicted molar refractivity (Wildman–Crippen MR) is 75.9 cm³/mol. The van der Waals surface area contributed by atoms with E-state index in [1.54, 1.807) is 33.1 Å². The Bertz CT molecular complexity index is 493. The van der Waals surface area contributed by atoms with Crippen molar-refractivity contribution in [2.45, 2.75) is 32.2 Å². The Kier molecular flexibility index (Phi) is 4.76. The molecule has 0 aromatic heterocycles. The number of carboxylic acid groups (broad SMARTS) is 1. The second kappa shape index (κ2) is 5.94. The van der Waals surface area contributed by atoms with Crippen molar-refractivity contribution in [1.82, 2.24) is 4.90 Å². The molecule has 20 heavy (non-hydrogen) atoms. The lowest BCUT2D eigenvalue weighted by atomic mass is 9.83. The highest BCUT2D eigenvalue weighted by molar-refractivity contribution is 5.90. The summed E-state index contributed by atoms with van der Waals surface area (Å²) in [6, 6.07) is 6.34. The van der Waals surface area contributed by atoms with Gasteiger partial charge in [-0.15, -0.1) is 0 Å². The maximum atomic E-state index is 12.5. The molecule has 0 spiro atoms. The first kappa shape index (κ1) is 16.0. The molecular formula is C15H21NO4. The fraction of sp³-hybridized carbons (Fsp3) is 0.467. The van der Waals surface area contributed by atoms with Gasteiger partial charge < -0.3 is 14.7 Å². The minimum absolute atomic E-state index is 0.238. The van der Waals surface area contributed by atoms with Crippen molar-refractivity contribution in [3.63, 3.8) is 0 Å². The molecule has 0 aliphatic rings. The largest absolute Gasteiger partial charge is 0.497 e. The fourth-order valence-corrected chi connectivity index (χ4v) is 1.91. The second-order valence-corrected chi connectivity index (χ2v) is 5.28. The Morgan fingerprint density at radius 1 is 1.25 bits per heavy atom. The van der Waals surface area contributed by atoms with Crippen LogP contribution < -0.4 is 4.74 Å². The summed E-state index contributed by atoms with van der Waals surface area (Å²) >= 11 is 0. The van der Waals surface area contributed by atoms with E-state index < -0.39 is 17.4 Å². The van der Waals surface area contributed by atoms with Crippen molar-refractivity contribution in [3.05, 3.63) is 29.8 Å². The van der Waals surface area contributed by atoms with Crippen LogP contribution in [-0.4, -0.2) is 42.1 Å². The van der Waals surface area contributed by atoms with Crippen LogP contribution in [0.25, 0.3) is 0 Å². The smallest absolute Gasteiger partial charge is 0.326 e. The summed E-state index contributed by atoms with van der Waals surface area (Å²) in [5, 5.41) is 9.00. The molecular weight excluding hydrogens is 258 g/mol. The summed E-state index contributed by atoms with van der Waals surface area (Å²) in [4.78, 5) is 24.7. The second-order valence-electron chi connectivity index (χ2n) is 5.28. The summed E-state index contributed by atoms with van der Waals surface area (Å²) in [7, 11) is 3.08. The third-order valence-electron chi connectivity index (χ3n) is 3.61. The molecule has 1 rings (SSSR count). The zero-order valence-electron chi connectivity index (χ0n) is 12.5. The molecule has 0 aliphatic carbocycles. The van der Waals surface area contributed by atoms with Crippen LogP contribution in [0, 0.1) is 0 Å². The van der Waals surface area contributed by atoms with Gasteiger partial charge in [-0.2, -0.15) is 0 Å². The topological polar surface area (TPSA) is 66.8 Å². The van der Waals surface area contributed by atoms with Gasteiger partial charge in [-0.1, -0.05) is 12.1 Å². The monoisotopic (exact) mass is 279 g/mol. The Balaban J connectivity index is 3.01. The van der Waals surface area contributed by atoms with E-state index >= 15 is 0 Å². The Labute approximate surface area is 119 Å². The number of aliphatic carboxylic acids is 1. The number of hydrogen-bond donors (Lipinski definition) is 1. The average Bonchev–Trinajstić information content (AvgIpc) is 2.44. The number of benzene rings is 1. The van der Waals surface area contributed by atoms with Crippen LogP contribution in [0.2, 0.25) is 0 Å². The van der Waals surface area contributed by atoms with E-state index in [1.807, 2.05) is 12.1 Å². The van der Waals surface area contributed by atoms with Gasteiger partial charge in [-0.25, -0.2) is 4.79 Å². The molecule has 0 saturated heterocycles. The number of carbonyl (C=O) groups is 2. The third kappa shape index (κ3) is 3.10. The molecule has 1 unspecified atom stereocenters. The number of likely N-dealkylation sites (N-methyl/N-ethyl adjacent to an activating group) is 1. The zero-order valence-corrected chi connectivity index (χ0v) is 12.5. The Morgan fingerprint density at radius 3 is 2.15 bits per heavy atom. The predicted octanol–water partition coefficient (Wildman–Crippen LogP) is 1.90. The van der Waals surface area contributed by atoms with Crippen LogP contribution in [0.3, 0.4) is 0 Å². The van der Waals surface area contributed by atoms with Crippen LogP contribution in [0.15, 0.2) is 24.3 Å². The van der Waals surface area contributed by atoms with E-state index in [4.69, 9.17) is 9.84 Å². The number of hydrogen-bond acceptors (Lipinski definition) is 3. The van der Waals surface area contributed by atoms with Crippen molar-refractivity contribution in [1.29, 1.82) is 0 Å². The molecule has 0 radical (unpaired) electrons. The van der Waals surface area contributed by atoms with Gasteiger partial charge in [0.05, 0.1) is 12.5 Å². The van der Waals surface area contributed by atoms with E-state index in [9.17, 15) is 9.59 Å². The number of methoxy groups -OCH3 is 1. The van der Waals surface area contributed by atoms with Crippen LogP contribution in [0.4, 0.5) is 0 Å². The molecule has 110 valence electrons. The molecule has 0 bridgehead atoms. The normalized spacial score (nSPS) is 12.7. The number of carboxylic acids is 1. The Morgan fingerprint density at radius 2 is 1.75 bits per heavy atom. The average molecular weight is 279 g/mol. The standard InChI is InChI=1S/C15H21NO4/c1-10(13(17)18)16(4)14(19)15(2,3)11-6-8-12(20-5)9-7-11/h6-10H,1-5H3,(H,17,18). The summed E-state index contributed by atoms with van der Waals surface area (Å²) < 4.78 is 5.09. The maximum Gasteiger partial charge on any atom is 0.326 e. The van der Waals surface area contributed by atoms with Gasteiger partial charge in [-0.3, -0.25) is 4.79 Å². The number of carbonyl (C=O) groups excluding carboxylic acids is 1. The molecule has 1 aromatic carbocycles. The molecule has 0 aliphatic heterocycles. The lowest BCUT2D eigenvalue weighted by molar-refractivity contribution is -0.150. The molecule has 0 heterocycles. The van der Waals surface area contributed by atoms with E-state index in [-0.39, 0.29) is 5.91 Å². The number of nitrogens with zero attached hydrogens (tertiary/aromatic N) is 1. The summed E-state index contributed by atoms with van der Waals surface area (Å²) in [6.45, 7) is 5.05. The molecule has 5 nitrogen and oxygen atoms in total. The highest BCUT2D eigenvalue weighted by Crippen LogP contribution is 2.27. The quantitative estimate of drug-likeness (QED) is 0.894. The van der Waals surface area contributed by atoms with E-state index in [1.165, 1.54) is 18.9 Å².